The number of nitrogens with zero attached hydrogens (tertiary/aromatic N) is 2. The summed E-state index contributed by atoms with van der Waals surface area (Å²) in [5, 5.41) is 7.70. The van der Waals surface area contributed by atoms with Gasteiger partial charge in [0.2, 0.25) is 0 Å². The number of nitrogens with one attached hydrogen (secondary N) is 1. The van der Waals surface area contributed by atoms with E-state index in [2.05, 4.69) is 10.4 Å². The molecule has 0 saturated heterocycles. The van der Waals surface area contributed by atoms with Gasteiger partial charge in [0.05, 0.1) is 18.8 Å². The first-order chi connectivity index (χ1) is 9.69. The Morgan fingerprint density at radius 1 is 1.35 bits per heavy atom. The van der Waals surface area contributed by atoms with E-state index in [9.17, 15) is 4.39 Å². The number of hydrogen-bond donors (Lipinski definition) is 1. The van der Waals surface area contributed by atoms with Crippen molar-refractivity contribution >= 4 is 0 Å². The highest BCUT2D eigenvalue weighted by Crippen LogP contribution is 2.11. The summed E-state index contributed by atoms with van der Waals surface area (Å²) in [4.78, 5) is 0. The van der Waals surface area contributed by atoms with Gasteiger partial charge in [-0.2, -0.15) is 5.10 Å². The lowest BCUT2D eigenvalue weighted by Crippen LogP contribution is -2.19. The van der Waals surface area contributed by atoms with Crippen LogP contribution in [-0.2, 0) is 17.8 Å². The normalized spacial score (nSPS) is 10.9. The molecule has 1 aromatic heterocycles. The summed E-state index contributed by atoms with van der Waals surface area (Å²) in [5.41, 5.74) is 2.99. The molecule has 0 unspecified atom stereocenters. The predicted octanol–water partition coefficient (Wildman–Crippen LogP) is 2.11. The third-order valence-electron chi connectivity index (χ3n) is 3.13. The van der Waals surface area contributed by atoms with Gasteiger partial charge in [0, 0.05) is 26.4 Å². The molecule has 0 bridgehead atoms. The van der Waals surface area contributed by atoms with Gasteiger partial charge in [-0.1, -0.05) is 6.07 Å². The Hall–Kier alpha value is -1.72. The fourth-order valence-electron chi connectivity index (χ4n) is 1.96. The van der Waals surface area contributed by atoms with Crippen LogP contribution in [0.4, 0.5) is 4.39 Å². The van der Waals surface area contributed by atoms with E-state index in [1.807, 2.05) is 23.9 Å². The van der Waals surface area contributed by atoms with E-state index in [-0.39, 0.29) is 5.82 Å². The first-order valence-corrected chi connectivity index (χ1v) is 6.66. The van der Waals surface area contributed by atoms with Crippen LogP contribution in [0.3, 0.4) is 0 Å². The van der Waals surface area contributed by atoms with E-state index >= 15 is 0 Å². The maximum absolute atomic E-state index is 13.2. The summed E-state index contributed by atoms with van der Waals surface area (Å²) in [5.74, 6) is -0.209. The minimum Gasteiger partial charge on any atom is -0.383 e. The fourth-order valence-corrected chi connectivity index (χ4v) is 1.96. The van der Waals surface area contributed by atoms with Crippen LogP contribution >= 0.6 is 0 Å². The van der Waals surface area contributed by atoms with Crippen LogP contribution in [0.25, 0.3) is 0 Å². The third-order valence-corrected chi connectivity index (χ3v) is 3.13. The Balaban J connectivity index is 1.93. The van der Waals surface area contributed by atoms with Crippen molar-refractivity contribution in [1.82, 2.24) is 15.1 Å². The van der Waals surface area contributed by atoms with Crippen LogP contribution in [0.2, 0.25) is 0 Å². The van der Waals surface area contributed by atoms with Gasteiger partial charge in [-0.25, -0.2) is 4.39 Å². The summed E-state index contributed by atoms with van der Waals surface area (Å²) >= 11 is 0. The lowest BCUT2D eigenvalue weighted by molar-refractivity contribution is 0.199. The molecule has 0 amide bonds. The highest BCUT2D eigenvalue weighted by molar-refractivity contribution is 5.26. The number of ether oxygens (including phenoxy) is 1. The van der Waals surface area contributed by atoms with Gasteiger partial charge in [-0.3, -0.25) is 4.68 Å². The van der Waals surface area contributed by atoms with Gasteiger partial charge in [0.15, 0.2) is 0 Å². The van der Waals surface area contributed by atoms with Crippen molar-refractivity contribution in [3.8, 4) is 0 Å². The zero-order valence-electron chi connectivity index (χ0n) is 11.9. The first-order valence-electron chi connectivity index (χ1n) is 6.66. The molecule has 0 aliphatic rings. The van der Waals surface area contributed by atoms with E-state index in [0.29, 0.717) is 19.7 Å². The second-order valence-corrected chi connectivity index (χ2v) is 4.75. The molecule has 5 heteroatoms. The molecule has 0 fully saturated rings. The van der Waals surface area contributed by atoms with Gasteiger partial charge in [0.1, 0.15) is 5.82 Å². The summed E-state index contributed by atoms with van der Waals surface area (Å²) < 4.78 is 20.0. The number of hydrogen-bond acceptors (Lipinski definition) is 3. The molecule has 0 atom stereocenters. The molecule has 108 valence electrons. The summed E-state index contributed by atoms with van der Waals surface area (Å²) in [6.45, 7) is 4.75. The van der Waals surface area contributed by atoms with Crippen LogP contribution in [0.15, 0.2) is 30.5 Å². The highest BCUT2D eigenvalue weighted by Gasteiger charge is 2.04. The van der Waals surface area contributed by atoms with Gasteiger partial charge < -0.3 is 10.1 Å². The van der Waals surface area contributed by atoms with Crippen LogP contribution < -0.4 is 5.32 Å². The van der Waals surface area contributed by atoms with Crippen LogP contribution in [0, 0.1) is 12.7 Å². The first kappa shape index (κ1) is 14.7. The van der Waals surface area contributed by atoms with Gasteiger partial charge in [0.25, 0.3) is 0 Å². The van der Waals surface area contributed by atoms with Crippen LogP contribution in [0.5, 0.6) is 0 Å². The minimum absolute atomic E-state index is 0.209. The highest BCUT2D eigenvalue weighted by atomic mass is 19.1. The number of aromatic nitrogens is 2. The van der Waals surface area contributed by atoms with Crippen molar-refractivity contribution in [2.45, 2.75) is 20.0 Å². The standard InChI is InChI=1S/C15H20FN3O/c1-12-3-4-14(16)9-13(12)11-19-7-5-15(18-19)10-17-6-8-20-2/h3-5,7,9,17H,6,8,10-11H2,1-2H3. The molecule has 0 aliphatic carbocycles. The minimum atomic E-state index is -0.209. The average molecular weight is 277 g/mol. The van der Waals surface area contributed by atoms with E-state index in [0.717, 1.165) is 23.4 Å². The van der Waals surface area contributed by atoms with Crippen molar-refractivity contribution in [1.29, 1.82) is 0 Å². The Morgan fingerprint density at radius 2 is 2.20 bits per heavy atom. The van der Waals surface area contributed by atoms with Gasteiger partial charge >= 0.3 is 0 Å². The molecule has 0 saturated carbocycles. The van der Waals surface area contributed by atoms with E-state index in [1.54, 1.807) is 19.2 Å². The zero-order valence-corrected chi connectivity index (χ0v) is 11.9. The molecule has 0 spiro atoms. The lowest BCUT2D eigenvalue weighted by atomic mass is 10.1. The Morgan fingerprint density at radius 3 is 3.00 bits per heavy atom. The van der Waals surface area contributed by atoms with Crippen LogP contribution in [-0.4, -0.2) is 30.0 Å². The maximum atomic E-state index is 13.2. The van der Waals surface area contributed by atoms with Crippen molar-refractivity contribution < 1.29 is 9.13 Å². The largest absolute Gasteiger partial charge is 0.383 e. The fraction of sp³-hybridized carbons (Fsp3) is 0.400. The van der Waals surface area contributed by atoms with E-state index in [1.165, 1.54) is 6.07 Å². The summed E-state index contributed by atoms with van der Waals surface area (Å²) in [7, 11) is 1.68. The molecular formula is C15H20FN3O. The molecule has 1 N–H and O–H groups in total. The molecule has 0 radical (unpaired) electrons. The summed E-state index contributed by atoms with van der Waals surface area (Å²) in [6, 6.07) is 6.80. The lowest BCUT2D eigenvalue weighted by Gasteiger charge is -2.06. The number of methoxy groups -OCH3 is 1. The predicted molar refractivity (Wildman–Crippen MR) is 76.0 cm³/mol. The molecule has 0 aliphatic heterocycles. The SMILES string of the molecule is COCCNCc1ccn(Cc2cc(F)ccc2C)n1. The number of rotatable bonds is 7. The monoisotopic (exact) mass is 277 g/mol. The second kappa shape index (κ2) is 7.17. The maximum Gasteiger partial charge on any atom is 0.123 e. The summed E-state index contributed by atoms with van der Waals surface area (Å²) in [6.07, 6.45) is 1.91. The van der Waals surface area contributed by atoms with Crippen molar-refractivity contribution in [3.63, 3.8) is 0 Å². The smallest absolute Gasteiger partial charge is 0.123 e. The number of aryl methyl sites for hydroxylation is 1. The Labute approximate surface area is 118 Å². The van der Waals surface area contributed by atoms with Crippen molar-refractivity contribution in [3.05, 3.63) is 53.1 Å². The molecular weight excluding hydrogens is 257 g/mol. The van der Waals surface area contributed by atoms with Crippen LogP contribution in [0.1, 0.15) is 16.8 Å². The Kier molecular flexibility index (Phi) is 5.26. The van der Waals surface area contributed by atoms with Crippen molar-refractivity contribution in [2.24, 2.45) is 0 Å². The molecule has 1 heterocycles. The van der Waals surface area contributed by atoms with E-state index < -0.39 is 0 Å². The topological polar surface area (TPSA) is 39.1 Å². The Bertz CT molecular complexity index is 554. The van der Waals surface area contributed by atoms with Gasteiger partial charge in [-0.15, -0.1) is 0 Å². The quantitative estimate of drug-likeness (QED) is 0.788. The molecule has 4 nitrogen and oxygen atoms in total. The van der Waals surface area contributed by atoms with Crippen molar-refractivity contribution in [2.75, 3.05) is 20.3 Å². The number of halogens is 1. The zero-order chi connectivity index (χ0) is 14.4. The second-order valence-electron chi connectivity index (χ2n) is 4.75. The number of benzene rings is 1. The van der Waals surface area contributed by atoms with Gasteiger partial charge in [-0.05, 0) is 36.2 Å². The van der Waals surface area contributed by atoms with E-state index in [4.69, 9.17) is 4.74 Å². The molecule has 1 aromatic carbocycles. The average Bonchev–Trinajstić information content (AvgIpc) is 2.87. The molecule has 20 heavy (non-hydrogen) atoms. The third kappa shape index (κ3) is 4.15. The molecule has 2 rings (SSSR count). The molecule has 2 aromatic rings.